The Balaban J connectivity index is 3.55. The minimum atomic E-state index is -1.00. The molecule has 0 aliphatic heterocycles. The molecule has 0 radical (unpaired) electrons. The lowest BCUT2D eigenvalue weighted by atomic mass is 10.3. The number of thioether (sulfide) groups is 1. The van der Waals surface area contributed by atoms with Crippen LogP contribution in [0.15, 0.2) is 0 Å². The van der Waals surface area contributed by atoms with Crippen molar-refractivity contribution in [3.63, 3.8) is 0 Å². The highest BCUT2D eigenvalue weighted by Crippen LogP contribution is 2.03. The zero-order valence-corrected chi connectivity index (χ0v) is 11.2. The topological polar surface area (TPSA) is 75.6 Å². The van der Waals surface area contributed by atoms with Crippen LogP contribution in [0.25, 0.3) is 0 Å². The van der Waals surface area contributed by atoms with Gasteiger partial charge in [0.1, 0.15) is 6.04 Å². The summed E-state index contributed by atoms with van der Waals surface area (Å²) in [4.78, 5) is 21.5. The quantitative estimate of drug-likeness (QED) is 0.578. The number of rotatable bonds is 10. The Labute approximate surface area is 106 Å². The van der Waals surface area contributed by atoms with E-state index in [-0.39, 0.29) is 5.91 Å². The maximum atomic E-state index is 10.8. The largest absolute Gasteiger partial charge is 0.480 e. The van der Waals surface area contributed by atoms with Crippen LogP contribution in [-0.2, 0) is 14.3 Å². The SMILES string of the molecule is CCCCOCCSC[C@H](NC(C)=O)C(=O)O. The zero-order chi connectivity index (χ0) is 13.1. The molecule has 0 aromatic heterocycles. The van der Waals surface area contributed by atoms with Crippen molar-refractivity contribution in [3.05, 3.63) is 0 Å². The predicted octanol–water partition coefficient (Wildman–Crippen LogP) is 1.13. The van der Waals surface area contributed by atoms with Crippen LogP contribution < -0.4 is 5.32 Å². The lowest BCUT2D eigenvalue weighted by Gasteiger charge is -2.12. The molecule has 0 saturated carbocycles. The first kappa shape index (κ1) is 16.2. The molecule has 1 amide bonds. The molecule has 0 aliphatic rings. The fourth-order valence-corrected chi connectivity index (χ4v) is 1.95. The summed E-state index contributed by atoms with van der Waals surface area (Å²) in [7, 11) is 0. The Morgan fingerprint density at radius 2 is 2.12 bits per heavy atom. The number of ether oxygens (including phenoxy) is 1. The van der Waals surface area contributed by atoms with Gasteiger partial charge in [-0.15, -0.1) is 0 Å². The van der Waals surface area contributed by atoms with Gasteiger partial charge in [0, 0.05) is 25.0 Å². The Hall–Kier alpha value is -0.750. The van der Waals surface area contributed by atoms with Crippen molar-refractivity contribution < 1.29 is 19.4 Å². The van der Waals surface area contributed by atoms with E-state index in [9.17, 15) is 9.59 Å². The molecule has 0 rings (SSSR count). The molecule has 2 N–H and O–H groups in total. The van der Waals surface area contributed by atoms with Gasteiger partial charge in [0.25, 0.3) is 0 Å². The first-order valence-corrected chi connectivity index (χ1v) is 6.88. The third-order valence-electron chi connectivity index (χ3n) is 1.97. The summed E-state index contributed by atoms with van der Waals surface area (Å²) >= 11 is 1.47. The van der Waals surface area contributed by atoms with E-state index >= 15 is 0 Å². The van der Waals surface area contributed by atoms with E-state index in [0.29, 0.717) is 12.4 Å². The molecule has 0 heterocycles. The zero-order valence-electron chi connectivity index (χ0n) is 10.4. The van der Waals surface area contributed by atoms with E-state index in [1.54, 1.807) is 0 Å². The molecule has 0 bridgehead atoms. The fraction of sp³-hybridized carbons (Fsp3) is 0.818. The number of hydrogen-bond donors (Lipinski definition) is 2. The molecule has 100 valence electrons. The normalized spacial score (nSPS) is 12.1. The van der Waals surface area contributed by atoms with Gasteiger partial charge in [-0.3, -0.25) is 4.79 Å². The molecule has 1 atom stereocenters. The van der Waals surface area contributed by atoms with Crippen LogP contribution in [0.2, 0.25) is 0 Å². The lowest BCUT2D eigenvalue weighted by molar-refractivity contribution is -0.140. The molecular formula is C11H21NO4S. The molecule has 5 nitrogen and oxygen atoms in total. The summed E-state index contributed by atoms with van der Waals surface area (Å²) in [5.74, 6) is -0.212. The molecule has 6 heteroatoms. The predicted molar refractivity (Wildman–Crippen MR) is 68.3 cm³/mol. The van der Waals surface area contributed by atoms with E-state index in [4.69, 9.17) is 9.84 Å². The summed E-state index contributed by atoms with van der Waals surface area (Å²) in [5.41, 5.74) is 0. The van der Waals surface area contributed by atoms with Crippen molar-refractivity contribution in [3.8, 4) is 0 Å². The number of carboxylic acid groups (broad SMARTS) is 1. The molecule has 0 aromatic rings. The second kappa shape index (κ2) is 10.4. The van der Waals surface area contributed by atoms with Crippen molar-refractivity contribution in [1.82, 2.24) is 5.32 Å². The molecule has 0 aromatic carbocycles. The first-order chi connectivity index (χ1) is 8.07. The van der Waals surface area contributed by atoms with Crippen LogP contribution in [0.3, 0.4) is 0 Å². The average molecular weight is 263 g/mol. The number of amides is 1. The van der Waals surface area contributed by atoms with Gasteiger partial charge >= 0.3 is 5.97 Å². The molecule has 0 aliphatic carbocycles. The number of aliphatic carboxylic acids is 1. The smallest absolute Gasteiger partial charge is 0.327 e. The molecule has 0 fully saturated rings. The third kappa shape index (κ3) is 10.1. The Morgan fingerprint density at radius 3 is 2.65 bits per heavy atom. The lowest BCUT2D eigenvalue weighted by Crippen LogP contribution is -2.41. The number of hydrogen-bond acceptors (Lipinski definition) is 4. The summed E-state index contributed by atoms with van der Waals surface area (Å²) < 4.78 is 5.34. The number of unbranched alkanes of at least 4 members (excludes halogenated alkanes) is 1. The molecule has 0 spiro atoms. The number of carboxylic acids is 1. The van der Waals surface area contributed by atoms with Crippen LogP contribution >= 0.6 is 11.8 Å². The molecule has 17 heavy (non-hydrogen) atoms. The summed E-state index contributed by atoms with van der Waals surface area (Å²) in [5, 5.41) is 11.2. The number of nitrogens with one attached hydrogen (secondary N) is 1. The van der Waals surface area contributed by atoms with Gasteiger partial charge in [0.05, 0.1) is 6.61 Å². The highest BCUT2D eigenvalue weighted by Gasteiger charge is 2.17. The van der Waals surface area contributed by atoms with Gasteiger partial charge in [0.15, 0.2) is 0 Å². The van der Waals surface area contributed by atoms with Crippen LogP contribution in [-0.4, -0.2) is 47.7 Å². The maximum Gasteiger partial charge on any atom is 0.327 e. The number of carbonyl (C=O) groups excluding carboxylic acids is 1. The second-order valence-electron chi connectivity index (χ2n) is 3.63. The van der Waals surface area contributed by atoms with Gasteiger partial charge in [-0.05, 0) is 6.42 Å². The minimum Gasteiger partial charge on any atom is -0.480 e. The van der Waals surface area contributed by atoms with Crippen molar-refractivity contribution in [2.45, 2.75) is 32.7 Å². The minimum absolute atomic E-state index is 0.322. The maximum absolute atomic E-state index is 10.8. The monoisotopic (exact) mass is 263 g/mol. The van der Waals surface area contributed by atoms with Gasteiger partial charge in [-0.25, -0.2) is 4.79 Å². The Morgan fingerprint density at radius 1 is 1.41 bits per heavy atom. The van der Waals surface area contributed by atoms with Gasteiger partial charge in [0.2, 0.25) is 5.91 Å². The van der Waals surface area contributed by atoms with E-state index < -0.39 is 12.0 Å². The van der Waals surface area contributed by atoms with E-state index in [2.05, 4.69) is 12.2 Å². The van der Waals surface area contributed by atoms with E-state index in [0.717, 1.165) is 25.2 Å². The van der Waals surface area contributed by atoms with Crippen LogP contribution in [0.5, 0.6) is 0 Å². The third-order valence-corrected chi connectivity index (χ3v) is 3.00. The van der Waals surface area contributed by atoms with Crippen molar-refractivity contribution in [1.29, 1.82) is 0 Å². The van der Waals surface area contributed by atoms with Gasteiger partial charge < -0.3 is 15.2 Å². The summed E-state index contributed by atoms with van der Waals surface area (Å²) in [6.07, 6.45) is 2.16. The fourth-order valence-electron chi connectivity index (χ4n) is 1.09. The Kier molecular flexibility index (Phi) is 9.95. The van der Waals surface area contributed by atoms with E-state index in [1.165, 1.54) is 18.7 Å². The first-order valence-electron chi connectivity index (χ1n) is 5.73. The van der Waals surface area contributed by atoms with Crippen LogP contribution in [0.4, 0.5) is 0 Å². The molecular weight excluding hydrogens is 242 g/mol. The highest BCUT2D eigenvalue weighted by molar-refractivity contribution is 7.99. The summed E-state index contributed by atoms with van der Waals surface area (Å²) in [6, 6.07) is -0.812. The van der Waals surface area contributed by atoms with Crippen LogP contribution in [0, 0.1) is 0 Å². The standard InChI is InChI=1S/C11H21NO4S/c1-3-4-5-16-6-7-17-8-10(11(14)15)12-9(2)13/h10H,3-8H2,1-2H3,(H,12,13)(H,14,15)/t10-/m0/s1. The van der Waals surface area contributed by atoms with Crippen LogP contribution in [0.1, 0.15) is 26.7 Å². The van der Waals surface area contributed by atoms with Crippen molar-refractivity contribution in [2.24, 2.45) is 0 Å². The van der Waals surface area contributed by atoms with Gasteiger partial charge in [-0.1, -0.05) is 13.3 Å². The van der Waals surface area contributed by atoms with Crippen molar-refractivity contribution in [2.75, 3.05) is 24.7 Å². The van der Waals surface area contributed by atoms with Gasteiger partial charge in [-0.2, -0.15) is 11.8 Å². The highest BCUT2D eigenvalue weighted by atomic mass is 32.2. The average Bonchev–Trinajstić information content (AvgIpc) is 2.25. The molecule has 0 saturated heterocycles. The van der Waals surface area contributed by atoms with Crippen molar-refractivity contribution >= 4 is 23.6 Å². The second-order valence-corrected chi connectivity index (χ2v) is 4.78. The summed E-state index contributed by atoms with van der Waals surface area (Å²) in [6.45, 7) is 4.79. The van der Waals surface area contributed by atoms with E-state index in [1.807, 2.05) is 0 Å². The number of carbonyl (C=O) groups is 2. The molecule has 0 unspecified atom stereocenters. The Bertz CT molecular complexity index is 236.